The van der Waals surface area contributed by atoms with Crippen LogP contribution in [0.5, 0.6) is 0 Å². The van der Waals surface area contributed by atoms with E-state index in [4.69, 9.17) is 4.98 Å². The van der Waals surface area contributed by atoms with Crippen molar-refractivity contribution in [1.29, 1.82) is 0 Å². The van der Waals surface area contributed by atoms with Crippen molar-refractivity contribution in [2.24, 2.45) is 0 Å². The number of thioether (sulfide) groups is 1. The first-order valence-corrected chi connectivity index (χ1v) is 11.0. The van der Waals surface area contributed by atoms with E-state index in [0.29, 0.717) is 10.3 Å². The summed E-state index contributed by atoms with van der Waals surface area (Å²) in [5.74, 6) is -0.0942. The number of benzene rings is 2. The van der Waals surface area contributed by atoms with Crippen LogP contribution in [-0.2, 0) is 4.79 Å². The molecular weight excluding hydrogens is 400 g/mol. The molecule has 1 amide bonds. The molecule has 0 aliphatic carbocycles. The van der Waals surface area contributed by atoms with Crippen LogP contribution >= 0.6 is 23.1 Å². The van der Waals surface area contributed by atoms with Gasteiger partial charge in [0.25, 0.3) is 0 Å². The molecule has 146 valence electrons. The number of amides is 1. The molecule has 2 aromatic carbocycles. The number of H-pyrrole nitrogens is 1. The Kier molecular flexibility index (Phi) is 5.78. The van der Waals surface area contributed by atoms with Crippen molar-refractivity contribution in [1.82, 2.24) is 15.0 Å². The van der Waals surface area contributed by atoms with E-state index in [0.717, 1.165) is 28.2 Å². The van der Waals surface area contributed by atoms with Crippen LogP contribution in [0.4, 0.5) is 5.13 Å². The maximum atomic E-state index is 12.6. The number of aromatic nitrogens is 3. The normalized spacial score (nSPS) is 11.9. The van der Waals surface area contributed by atoms with Gasteiger partial charge in [0.1, 0.15) is 0 Å². The number of hydrogen-bond donors (Lipinski definition) is 2. The second-order valence-electron chi connectivity index (χ2n) is 6.54. The summed E-state index contributed by atoms with van der Waals surface area (Å²) >= 11 is 2.83. The fourth-order valence-electron chi connectivity index (χ4n) is 2.87. The Morgan fingerprint density at radius 1 is 1.03 bits per heavy atom. The minimum atomic E-state index is -0.322. The lowest BCUT2D eigenvalue weighted by molar-refractivity contribution is -0.115. The molecule has 2 N–H and O–H groups in total. The Bertz CT molecular complexity index is 1050. The number of nitrogens with zero attached hydrogens (tertiary/aromatic N) is 2. The van der Waals surface area contributed by atoms with Crippen molar-refractivity contribution in [2.75, 3.05) is 5.32 Å². The predicted octanol–water partition coefficient (Wildman–Crippen LogP) is 5.63. The van der Waals surface area contributed by atoms with Crippen LogP contribution in [0.25, 0.3) is 22.5 Å². The number of nitrogens with one attached hydrogen (secondary N) is 2. The summed E-state index contributed by atoms with van der Waals surface area (Å²) in [4.78, 5) is 25.1. The molecule has 5 nitrogen and oxygen atoms in total. The van der Waals surface area contributed by atoms with Crippen LogP contribution in [0.3, 0.4) is 0 Å². The van der Waals surface area contributed by atoms with E-state index < -0.39 is 0 Å². The van der Waals surface area contributed by atoms with Crippen molar-refractivity contribution < 1.29 is 4.79 Å². The topological polar surface area (TPSA) is 70.7 Å². The van der Waals surface area contributed by atoms with Gasteiger partial charge in [0.2, 0.25) is 5.91 Å². The van der Waals surface area contributed by atoms with E-state index in [1.54, 1.807) is 0 Å². The van der Waals surface area contributed by atoms with Gasteiger partial charge in [-0.1, -0.05) is 72.4 Å². The fourth-order valence-corrected chi connectivity index (χ4v) is 4.36. The lowest BCUT2D eigenvalue weighted by Crippen LogP contribution is -2.22. The maximum absolute atomic E-state index is 12.6. The molecule has 4 rings (SSSR count). The lowest BCUT2D eigenvalue weighted by atomic mass is 10.1. The summed E-state index contributed by atoms with van der Waals surface area (Å²) < 4.78 is 0. The van der Waals surface area contributed by atoms with Gasteiger partial charge in [-0.05, 0) is 13.8 Å². The van der Waals surface area contributed by atoms with Crippen LogP contribution in [0.1, 0.15) is 12.6 Å². The highest BCUT2D eigenvalue weighted by atomic mass is 32.2. The Morgan fingerprint density at radius 2 is 1.69 bits per heavy atom. The maximum Gasteiger partial charge on any atom is 0.239 e. The number of rotatable bonds is 6. The zero-order chi connectivity index (χ0) is 20.2. The average Bonchev–Trinajstić information content (AvgIpc) is 3.35. The molecule has 0 saturated carbocycles. The summed E-state index contributed by atoms with van der Waals surface area (Å²) in [6.45, 7) is 3.77. The largest absolute Gasteiger partial charge is 0.332 e. The van der Waals surface area contributed by atoms with Crippen molar-refractivity contribution >= 4 is 34.1 Å². The minimum absolute atomic E-state index is 0.0942. The SMILES string of the molecule is Cc1csc(NC(=O)C(C)Sc2nc(-c3ccccc3)c(-c3ccccc3)[nH]2)n1. The molecule has 0 spiro atoms. The van der Waals surface area contributed by atoms with Crippen molar-refractivity contribution in [3.05, 3.63) is 71.7 Å². The molecule has 1 unspecified atom stereocenters. The number of hydrogen-bond acceptors (Lipinski definition) is 5. The first-order valence-electron chi connectivity index (χ1n) is 9.20. The highest BCUT2D eigenvalue weighted by molar-refractivity contribution is 8.00. The molecule has 29 heavy (non-hydrogen) atoms. The third-order valence-corrected chi connectivity index (χ3v) is 6.16. The first-order chi connectivity index (χ1) is 14.1. The average molecular weight is 421 g/mol. The number of imidazole rings is 1. The van der Waals surface area contributed by atoms with E-state index in [2.05, 4.69) is 27.4 Å². The molecule has 1 atom stereocenters. The summed E-state index contributed by atoms with van der Waals surface area (Å²) in [5, 5.41) is 5.80. The standard InChI is InChI=1S/C22H20N4OS2/c1-14-13-28-21(23-14)26-20(27)15(2)29-22-24-18(16-9-5-3-6-10-16)19(25-22)17-11-7-4-8-12-17/h3-13,15H,1-2H3,(H,24,25)(H,23,26,27). The Labute approximate surface area is 177 Å². The van der Waals surface area contributed by atoms with Crippen molar-refractivity contribution in [3.63, 3.8) is 0 Å². The monoisotopic (exact) mass is 420 g/mol. The zero-order valence-electron chi connectivity index (χ0n) is 16.0. The number of carbonyl (C=O) groups is 1. The number of thiazole rings is 1. The van der Waals surface area contributed by atoms with Crippen LogP contribution < -0.4 is 5.32 Å². The quantitative estimate of drug-likeness (QED) is 0.397. The summed E-state index contributed by atoms with van der Waals surface area (Å²) in [5.41, 5.74) is 4.81. The first kappa shape index (κ1) is 19.4. The zero-order valence-corrected chi connectivity index (χ0v) is 17.7. The number of carbonyl (C=O) groups excluding carboxylic acids is 1. The molecule has 2 heterocycles. The summed E-state index contributed by atoms with van der Waals surface area (Å²) in [6.07, 6.45) is 0. The van der Waals surface area contributed by atoms with Gasteiger partial charge < -0.3 is 10.3 Å². The molecule has 0 saturated heterocycles. The van der Waals surface area contributed by atoms with E-state index in [1.807, 2.05) is 67.8 Å². The summed E-state index contributed by atoms with van der Waals surface area (Å²) in [7, 11) is 0. The molecule has 7 heteroatoms. The Balaban J connectivity index is 1.59. The molecule has 0 fully saturated rings. The van der Waals surface area contributed by atoms with Gasteiger partial charge in [-0.25, -0.2) is 9.97 Å². The molecule has 0 aliphatic rings. The Hall–Kier alpha value is -2.90. The van der Waals surface area contributed by atoms with E-state index in [-0.39, 0.29) is 11.2 Å². The fraction of sp³-hybridized carbons (Fsp3) is 0.136. The second kappa shape index (κ2) is 8.63. The molecule has 0 radical (unpaired) electrons. The van der Waals surface area contributed by atoms with Gasteiger partial charge in [-0.15, -0.1) is 11.3 Å². The molecule has 0 bridgehead atoms. The highest BCUT2D eigenvalue weighted by Crippen LogP contribution is 2.34. The van der Waals surface area contributed by atoms with Crippen molar-refractivity contribution in [3.8, 4) is 22.5 Å². The highest BCUT2D eigenvalue weighted by Gasteiger charge is 2.20. The lowest BCUT2D eigenvalue weighted by Gasteiger charge is -2.08. The van der Waals surface area contributed by atoms with E-state index in [1.165, 1.54) is 23.1 Å². The van der Waals surface area contributed by atoms with Gasteiger partial charge in [0.15, 0.2) is 10.3 Å². The van der Waals surface area contributed by atoms with E-state index >= 15 is 0 Å². The molecular formula is C22H20N4OS2. The molecule has 4 aromatic rings. The van der Waals surface area contributed by atoms with Crippen LogP contribution in [0, 0.1) is 6.92 Å². The Morgan fingerprint density at radius 3 is 2.31 bits per heavy atom. The van der Waals surface area contributed by atoms with Gasteiger partial charge in [0.05, 0.1) is 22.3 Å². The van der Waals surface area contributed by atoms with Crippen LogP contribution in [0.15, 0.2) is 71.2 Å². The van der Waals surface area contributed by atoms with Crippen LogP contribution in [-0.4, -0.2) is 26.1 Å². The van der Waals surface area contributed by atoms with Crippen molar-refractivity contribution in [2.45, 2.75) is 24.3 Å². The predicted molar refractivity (Wildman–Crippen MR) is 120 cm³/mol. The third-order valence-electron chi connectivity index (χ3n) is 4.30. The van der Waals surface area contributed by atoms with Gasteiger partial charge in [-0.3, -0.25) is 4.79 Å². The number of anilines is 1. The number of aromatic amines is 1. The minimum Gasteiger partial charge on any atom is -0.332 e. The molecule has 0 aliphatic heterocycles. The smallest absolute Gasteiger partial charge is 0.239 e. The number of aryl methyl sites for hydroxylation is 1. The third kappa shape index (κ3) is 4.58. The molecule has 2 aromatic heterocycles. The van der Waals surface area contributed by atoms with Crippen LogP contribution in [0.2, 0.25) is 0 Å². The summed E-state index contributed by atoms with van der Waals surface area (Å²) in [6, 6.07) is 20.2. The van der Waals surface area contributed by atoms with Gasteiger partial charge in [0, 0.05) is 16.5 Å². The van der Waals surface area contributed by atoms with Gasteiger partial charge in [-0.2, -0.15) is 0 Å². The second-order valence-corrected chi connectivity index (χ2v) is 8.73. The van der Waals surface area contributed by atoms with Gasteiger partial charge >= 0.3 is 0 Å². The van der Waals surface area contributed by atoms with E-state index in [9.17, 15) is 4.79 Å².